The summed E-state index contributed by atoms with van der Waals surface area (Å²) in [7, 11) is 0. The first-order valence-corrected chi connectivity index (χ1v) is 12.7. The summed E-state index contributed by atoms with van der Waals surface area (Å²) in [6.07, 6.45) is 11.4. The van der Waals surface area contributed by atoms with Crippen LogP contribution in [-0.4, -0.2) is 68.4 Å². The van der Waals surface area contributed by atoms with E-state index in [1.807, 2.05) is 0 Å². The molecule has 0 aliphatic rings. The minimum atomic E-state index is -2.31. The highest BCUT2D eigenvalue weighted by molar-refractivity contribution is 5.75. The highest BCUT2D eigenvalue weighted by atomic mass is 16.7. The molecule has 6 N–H and O–H groups in total. The molecule has 0 aromatic heterocycles. The van der Waals surface area contributed by atoms with Gasteiger partial charge in [0.25, 0.3) is 0 Å². The Morgan fingerprint density at radius 2 is 1.03 bits per heavy atom. The Bertz CT molecular complexity index is 491. The third-order valence-electron chi connectivity index (χ3n) is 5.82. The summed E-state index contributed by atoms with van der Waals surface area (Å²) in [6.45, 7) is 2.60. The van der Waals surface area contributed by atoms with Gasteiger partial charge in [0, 0.05) is 6.54 Å². The second kappa shape index (κ2) is 21.3. The molecule has 0 aromatic rings. The first-order valence-electron chi connectivity index (χ1n) is 12.7. The van der Waals surface area contributed by atoms with Crippen LogP contribution >= 0.6 is 0 Å². The largest absolute Gasteiger partial charge is 0.479 e. The number of carboxylic acids is 2. The van der Waals surface area contributed by atoms with Crippen molar-refractivity contribution >= 4 is 11.9 Å². The molecule has 0 rings (SSSR count). The van der Waals surface area contributed by atoms with Crippen molar-refractivity contribution in [1.82, 2.24) is 5.48 Å². The van der Waals surface area contributed by atoms with Crippen molar-refractivity contribution < 1.29 is 40.0 Å². The van der Waals surface area contributed by atoms with Gasteiger partial charge in [-0.15, -0.1) is 0 Å². The predicted octanol–water partition coefficient (Wildman–Crippen LogP) is 3.39. The molecule has 0 saturated heterocycles. The second-order valence-corrected chi connectivity index (χ2v) is 8.84. The molecule has 0 unspecified atom stereocenters. The van der Waals surface area contributed by atoms with E-state index < -0.39 is 36.4 Å². The standard InChI is InChI=1S/C24H47NO8/c1-2-3-4-5-6-7-8-9-10-11-12-13-14-15-16-17-18-25-33-22(24(31)32)20(27)19(26)21(28)23(29)30/h19-22,25-28H,2-18H2,1H3,(H,29,30)(H,31,32)/t19-,20-,21-,22+/m0/s1. The fourth-order valence-corrected chi connectivity index (χ4v) is 3.67. The molecular formula is C24H47NO8. The fraction of sp³-hybridized carbons (Fsp3) is 0.917. The van der Waals surface area contributed by atoms with E-state index >= 15 is 0 Å². The average molecular weight is 478 g/mol. The molecule has 0 aromatic carbocycles. The van der Waals surface area contributed by atoms with Gasteiger partial charge >= 0.3 is 11.9 Å². The molecule has 9 nitrogen and oxygen atoms in total. The Balaban J connectivity index is 3.61. The van der Waals surface area contributed by atoms with E-state index in [0.717, 1.165) is 25.7 Å². The maximum Gasteiger partial charge on any atom is 0.337 e. The minimum Gasteiger partial charge on any atom is -0.479 e. The van der Waals surface area contributed by atoms with E-state index in [4.69, 9.17) is 15.1 Å². The fourth-order valence-electron chi connectivity index (χ4n) is 3.67. The first-order chi connectivity index (χ1) is 15.8. The molecule has 4 atom stereocenters. The summed E-state index contributed by atoms with van der Waals surface area (Å²) in [5.74, 6) is -3.36. The number of aliphatic hydroxyl groups is 3. The molecule has 0 heterocycles. The van der Waals surface area contributed by atoms with Crippen LogP contribution in [0, 0.1) is 0 Å². The van der Waals surface area contributed by atoms with Gasteiger partial charge in [0.05, 0.1) is 0 Å². The van der Waals surface area contributed by atoms with Gasteiger partial charge in [0.1, 0.15) is 12.2 Å². The van der Waals surface area contributed by atoms with Crippen LogP contribution in [-0.2, 0) is 14.4 Å². The first kappa shape index (κ1) is 31.7. The molecule has 33 heavy (non-hydrogen) atoms. The molecular weight excluding hydrogens is 430 g/mol. The number of unbranched alkanes of at least 4 members (excludes halogenated alkanes) is 15. The quantitative estimate of drug-likeness (QED) is 0.0905. The summed E-state index contributed by atoms with van der Waals surface area (Å²) >= 11 is 0. The molecule has 0 fully saturated rings. The van der Waals surface area contributed by atoms with Gasteiger partial charge in [-0.2, -0.15) is 0 Å². The number of hydrogen-bond acceptors (Lipinski definition) is 7. The lowest BCUT2D eigenvalue weighted by molar-refractivity contribution is -0.186. The van der Waals surface area contributed by atoms with Crippen LogP contribution < -0.4 is 5.48 Å². The lowest BCUT2D eigenvalue weighted by Crippen LogP contribution is -2.52. The van der Waals surface area contributed by atoms with E-state index in [9.17, 15) is 24.9 Å². The van der Waals surface area contributed by atoms with E-state index in [0.29, 0.717) is 6.54 Å². The van der Waals surface area contributed by atoms with Crippen LogP contribution in [0.3, 0.4) is 0 Å². The summed E-state index contributed by atoms with van der Waals surface area (Å²) in [6, 6.07) is 0. The SMILES string of the molecule is CCCCCCCCCCCCCCCCCCNO[C@@H](C(=O)O)[C@@H](O)[C@H](O)[C@H](O)C(=O)O. The van der Waals surface area contributed by atoms with Crippen molar-refractivity contribution in [1.29, 1.82) is 0 Å². The van der Waals surface area contributed by atoms with Crippen LogP contribution in [0.2, 0.25) is 0 Å². The van der Waals surface area contributed by atoms with Crippen molar-refractivity contribution in [3.8, 4) is 0 Å². The Kier molecular flexibility index (Phi) is 20.5. The van der Waals surface area contributed by atoms with Crippen LogP contribution in [0.25, 0.3) is 0 Å². The van der Waals surface area contributed by atoms with Gasteiger partial charge in [-0.1, -0.05) is 103 Å². The van der Waals surface area contributed by atoms with Gasteiger partial charge in [0.15, 0.2) is 6.10 Å². The minimum absolute atomic E-state index is 0.354. The summed E-state index contributed by atoms with van der Waals surface area (Å²) in [4.78, 5) is 26.7. The summed E-state index contributed by atoms with van der Waals surface area (Å²) < 4.78 is 0. The number of rotatable bonds is 24. The molecule has 9 heteroatoms. The molecule has 0 aliphatic carbocycles. The molecule has 0 radical (unpaired) electrons. The zero-order valence-electron chi connectivity index (χ0n) is 20.3. The zero-order chi connectivity index (χ0) is 24.9. The number of carbonyl (C=O) groups is 2. The third-order valence-corrected chi connectivity index (χ3v) is 5.82. The summed E-state index contributed by atoms with van der Waals surface area (Å²) in [5.41, 5.74) is 2.44. The third kappa shape index (κ3) is 16.9. The van der Waals surface area contributed by atoms with Crippen molar-refractivity contribution in [2.24, 2.45) is 0 Å². The van der Waals surface area contributed by atoms with Crippen molar-refractivity contribution in [2.45, 2.75) is 134 Å². The molecule has 196 valence electrons. The highest BCUT2D eigenvalue weighted by Gasteiger charge is 2.39. The van der Waals surface area contributed by atoms with Crippen molar-refractivity contribution in [2.75, 3.05) is 6.54 Å². The topological polar surface area (TPSA) is 157 Å². The van der Waals surface area contributed by atoms with Crippen LogP contribution in [0.1, 0.15) is 110 Å². The smallest absolute Gasteiger partial charge is 0.337 e. The summed E-state index contributed by atoms with van der Waals surface area (Å²) in [5, 5.41) is 46.3. The number of nitrogens with one attached hydrogen (secondary N) is 1. The monoisotopic (exact) mass is 477 g/mol. The van der Waals surface area contributed by atoms with Gasteiger partial charge < -0.3 is 25.5 Å². The average Bonchev–Trinajstić information content (AvgIpc) is 2.78. The van der Waals surface area contributed by atoms with Crippen molar-refractivity contribution in [3.63, 3.8) is 0 Å². The molecule has 0 spiro atoms. The number of hydroxylamine groups is 1. The Labute approximate surface area is 198 Å². The highest BCUT2D eigenvalue weighted by Crippen LogP contribution is 2.14. The van der Waals surface area contributed by atoms with Gasteiger partial charge in [-0.05, 0) is 6.42 Å². The van der Waals surface area contributed by atoms with Gasteiger partial charge in [-0.3, -0.25) is 4.84 Å². The van der Waals surface area contributed by atoms with Crippen LogP contribution in [0.5, 0.6) is 0 Å². The molecule has 0 aliphatic heterocycles. The molecule has 0 amide bonds. The molecule has 0 saturated carbocycles. The zero-order valence-corrected chi connectivity index (χ0v) is 20.3. The number of carboxylic acid groups (broad SMARTS) is 2. The number of aliphatic carboxylic acids is 2. The van der Waals surface area contributed by atoms with E-state index in [-0.39, 0.29) is 0 Å². The lowest BCUT2D eigenvalue weighted by Gasteiger charge is -2.25. The Morgan fingerprint density at radius 3 is 1.39 bits per heavy atom. The second-order valence-electron chi connectivity index (χ2n) is 8.84. The van der Waals surface area contributed by atoms with Crippen molar-refractivity contribution in [3.05, 3.63) is 0 Å². The Morgan fingerprint density at radius 1 is 0.636 bits per heavy atom. The van der Waals surface area contributed by atoms with Gasteiger partial charge in [-0.25, -0.2) is 15.1 Å². The van der Waals surface area contributed by atoms with Gasteiger partial charge in [0.2, 0.25) is 6.10 Å². The van der Waals surface area contributed by atoms with E-state index in [1.165, 1.54) is 77.0 Å². The molecule has 0 bridgehead atoms. The number of hydrogen-bond donors (Lipinski definition) is 6. The maximum atomic E-state index is 11.2. The lowest BCUT2D eigenvalue weighted by atomic mass is 10.0. The van der Waals surface area contributed by atoms with E-state index in [1.54, 1.807) is 0 Å². The maximum absolute atomic E-state index is 11.2. The number of aliphatic hydroxyl groups excluding tert-OH is 3. The van der Waals surface area contributed by atoms with E-state index in [2.05, 4.69) is 12.4 Å². The normalized spacial score (nSPS) is 15.2. The Hall–Kier alpha value is -1.26. The van der Waals surface area contributed by atoms with Crippen LogP contribution in [0.4, 0.5) is 0 Å². The predicted molar refractivity (Wildman–Crippen MR) is 126 cm³/mol. The van der Waals surface area contributed by atoms with Crippen LogP contribution in [0.15, 0.2) is 0 Å².